The van der Waals surface area contributed by atoms with Crippen LogP contribution in [0.4, 0.5) is 5.69 Å². The van der Waals surface area contributed by atoms with E-state index >= 15 is 0 Å². The van der Waals surface area contributed by atoms with Gasteiger partial charge < -0.3 is 5.73 Å². The van der Waals surface area contributed by atoms with Crippen LogP contribution in [0.5, 0.6) is 0 Å². The number of hydrogen-bond donors (Lipinski definition) is 3. The Bertz CT molecular complexity index is 1470. The summed E-state index contributed by atoms with van der Waals surface area (Å²) in [6.45, 7) is -0.179. The van der Waals surface area contributed by atoms with Crippen molar-refractivity contribution < 1.29 is 35.5 Å². The normalized spacial score (nSPS) is 14.3. The van der Waals surface area contributed by atoms with Crippen molar-refractivity contribution in [3.8, 4) is 0 Å². The van der Waals surface area contributed by atoms with Crippen LogP contribution in [0.2, 0.25) is 0 Å². The highest BCUT2D eigenvalue weighted by atomic mass is 32.2. The molecular formula is C19H14N2O8S2. The van der Waals surface area contributed by atoms with E-state index in [2.05, 4.69) is 0 Å². The highest BCUT2D eigenvalue weighted by molar-refractivity contribution is 7.86. The molecule has 1 heterocycles. The van der Waals surface area contributed by atoms with E-state index in [0.717, 1.165) is 23.1 Å². The summed E-state index contributed by atoms with van der Waals surface area (Å²) in [7, 11) is -9.72. The molecule has 0 unspecified atom stereocenters. The van der Waals surface area contributed by atoms with Crippen LogP contribution in [-0.4, -0.2) is 42.7 Å². The van der Waals surface area contributed by atoms with Gasteiger partial charge in [-0.15, -0.1) is 0 Å². The van der Waals surface area contributed by atoms with Crippen molar-refractivity contribution in [2.45, 2.75) is 16.3 Å². The van der Waals surface area contributed by atoms with Gasteiger partial charge in [0.25, 0.3) is 32.1 Å². The zero-order chi connectivity index (χ0) is 22.7. The average molecular weight is 462 g/mol. The van der Waals surface area contributed by atoms with Gasteiger partial charge in [-0.1, -0.05) is 30.3 Å². The molecule has 0 radical (unpaired) electrons. The minimum absolute atomic E-state index is 0.0726. The van der Waals surface area contributed by atoms with Gasteiger partial charge in [-0.25, -0.2) is 0 Å². The van der Waals surface area contributed by atoms with Gasteiger partial charge in [0, 0.05) is 10.8 Å². The van der Waals surface area contributed by atoms with E-state index in [-0.39, 0.29) is 28.4 Å². The largest absolute Gasteiger partial charge is 0.397 e. The predicted molar refractivity (Wildman–Crippen MR) is 109 cm³/mol. The molecule has 1 aliphatic rings. The van der Waals surface area contributed by atoms with E-state index in [0.29, 0.717) is 5.56 Å². The fourth-order valence-corrected chi connectivity index (χ4v) is 4.71. The summed E-state index contributed by atoms with van der Waals surface area (Å²) in [6, 6.07) is 11.0. The lowest BCUT2D eigenvalue weighted by Gasteiger charge is -2.28. The summed E-state index contributed by atoms with van der Waals surface area (Å²) in [5, 5.41) is -0.354. The summed E-state index contributed by atoms with van der Waals surface area (Å²) in [6.07, 6.45) is 0. The summed E-state index contributed by atoms with van der Waals surface area (Å²) >= 11 is 0. The first-order valence-electron chi connectivity index (χ1n) is 8.65. The Balaban J connectivity index is 2.07. The molecule has 0 bridgehead atoms. The first kappa shape index (κ1) is 20.9. The van der Waals surface area contributed by atoms with Crippen LogP contribution in [0.15, 0.2) is 58.3 Å². The summed E-state index contributed by atoms with van der Waals surface area (Å²) < 4.78 is 66.1. The minimum Gasteiger partial charge on any atom is -0.397 e. The Kier molecular flexibility index (Phi) is 4.63. The molecule has 0 saturated carbocycles. The molecule has 160 valence electrons. The van der Waals surface area contributed by atoms with E-state index < -0.39 is 47.5 Å². The number of rotatable bonds is 4. The maximum absolute atomic E-state index is 13.1. The van der Waals surface area contributed by atoms with Crippen molar-refractivity contribution in [2.24, 2.45) is 0 Å². The molecule has 1 aliphatic heterocycles. The smallest absolute Gasteiger partial charge is 0.296 e. The molecule has 0 fully saturated rings. The van der Waals surface area contributed by atoms with Crippen LogP contribution < -0.4 is 5.73 Å². The molecule has 31 heavy (non-hydrogen) atoms. The van der Waals surface area contributed by atoms with Gasteiger partial charge in [-0.3, -0.25) is 23.6 Å². The Morgan fingerprint density at radius 1 is 0.839 bits per heavy atom. The van der Waals surface area contributed by atoms with Crippen LogP contribution >= 0.6 is 0 Å². The lowest BCUT2D eigenvalue weighted by molar-refractivity contribution is 0.0598. The van der Waals surface area contributed by atoms with Crippen molar-refractivity contribution in [3.63, 3.8) is 0 Å². The maximum Gasteiger partial charge on any atom is 0.296 e. The molecule has 12 heteroatoms. The number of nitrogens with two attached hydrogens (primary N) is 1. The molecule has 3 aromatic rings. The maximum atomic E-state index is 13.1. The van der Waals surface area contributed by atoms with Gasteiger partial charge in [-0.05, 0) is 23.8 Å². The van der Waals surface area contributed by atoms with E-state index in [1.54, 1.807) is 30.3 Å². The topological polar surface area (TPSA) is 172 Å². The van der Waals surface area contributed by atoms with E-state index in [1.807, 2.05) is 0 Å². The lowest BCUT2D eigenvalue weighted by atomic mass is 9.92. The molecule has 4 N–H and O–H groups in total. The zero-order valence-corrected chi connectivity index (χ0v) is 17.1. The molecule has 0 spiro atoms. The number of amides is 2. The zero-order valence-electron chi connectivity index (χ0n) is 15.5. The third kappa shape index (κ3) is 3.45. The van der Waals surface area contributed by atoms with E-state index in [4.69, 9.17) is 5.73 Å². The lowest BCUT2D eigenvalue weighted by Crippen LogP contribution is -2.40. The standard InChI is InChI=1S/C19H14N2O8S2/c20-17-12-6-11(30(24,25)26)7-13-16(12)14(8-15(17)31(27,28)29)19(23)21(18(13)22)9-10-4-2-1-3-5-10/h1-8H,9,20H2,(H,24,25,26)(H,27,28,29). The molecular weight excluding hydrogens is 448 g/mol. The van der Waals surface area contributed by atoms with Gasteiger partial charge in [0.05, 0.1) is 28.3 Å². The average Bonchev–Trinajstić information content (AvgIpc) is 2.69. The number of benzene rings is 3. The predicted octanol–water partition coefficient (Wildman–Crippen LogP) is 1.71. The van der Waals surface area contributed by atoms with Gasteiger partial charge in [-0.2, -0.15) is 16.8 Å². The first-order valence-corrected chi connectivity index (χ1v) is 11.5. The van der Waals surface area contributed by atoms with Crippen LogP contribution in [0.25, 0.3) is 10.8 Å². The highest BCUT2D eigenvalue weighted by Gasteiger charge is 2.36. The molecule has 4 rings (SSSR count). The number of nitrogens with zero attached hydrogens (tertiary/aromatic N) is 1. The van der Waals surface area contributed by atoms with Crippen molar-refractivity contribution in [1.82, 2.24) is 4.90 Å². The second-order valence-corrected chi connectivity index (χ2v) is 9.67. The fourth-order valence-electron chi connectivity index (χ4n) is 3.52. The van der Waals surface area contributed by atoms with Crippen molar-refractivity contribution in [1.29, 1.82) is 0 Å². The van der Waals surface area contributed by atoms with Crippen molar-refractivity contribution >= 4 is 48.5 Å². The van der Waals surface area contributed by atoms with Gasteiger partial charge in [0.15, 0.2) is 0 Å². The third-order valence-corrected chi connectivity index (χ3v) is 6.65. The molecule has 0 aliphatic carbocycles. The summed E-state index contributed by atoms with van der Waals surface area (Å²) in [5.41, 5.74) is 5.33. The summed E-state index contributed by atoms with van der Waals surface area (Å²) in [4.78, 5) is 25.5. The third-order valence-electron chi connectivity index (χ3n) is 4.92. The summed E-state index contributed by atoms with van der Waals surface area (Å²) in [5.74, 6) is -1.70. The molecule has 0 aromatic heterocycles. The Morgan fingerprint density at radius 2 is 1.42 bits per heavy atom. The van der Waals surface area contributed by atoms with Crippen LogP contribution in [-0.2, 0) is 26.8 Å². The van der Waals surface area contributed by atoms with E-state index in [9.17, 15) is 35.5 Å². The second kappa shape index (κ2) is 6.85. The van der Waals surface area contributed by atoms with Gasteiger partial charge in [0.1, 0.15) is 4.90 Å². The Hall–Kier alpha value is -3.32. The Morgan fingerprint density at radius 3 is 1.97 bits per heavy atom. The number of anilines is 1. The number of carbonyl (C=O) groups is 2. The quantitative estimate of drug-likeness (QED) is 0.296. The van der Waals surface area contributed by atoms with Gasteiger partial charge >= 0.3 is 0 Å². The molecule has 0 atom stereocenters. The van der Waals surface area contributed by atoms with Crippen molar-refractivity contribution in [3.05, 3.63) is 65.2 Å². The molecule has 0 saturated heterocycles. The van der Waals surface area contributed by atoms with Gasteiger partial charge in [0.2, 0.25) is 0 Å². The molecule has 3 aromatic carbocycles. The highest BCUT2D eigenvalue weighted by Crippen LogP contribution is 2.39. The second-order valence-electron chi connectivity index (χ2n) is 6.86. The molecule has 2 amide bonds. The number of hydrogen-bond acceptors (Lipinski definition) is 7. The minimum atomic E-state index is -4.90. The van der Waals surface area contributed by atoms with E-state index in [1.165, 1.54) is 0 Å². The Labute approximate surface area is 176 Å². The first-order chi connectivity index (χ1) is 14.4. The molecule has 10 nitrogen and oxygen atoms in total. The number of carbonyl (C=O) groups excluding carboxylic acids is 2. The number of imide groups is 1. The van der Waals surface area contributed by atoms with Crippen LogP contribution in [0, 0.1) is 0 Å². The monoisotopic (exact) mass is 462 g/mol. The number of nitrogen functional groups attached to an aromatic ring is 1. The van der Waals surface area contributed by atoms with Crippen molar-refractivity contribution in [2.75, 3.05) is 5.73 Å². The SMILES string of the molecule is Nc1c(S(=O)(=O)O)cc2c3c(cc(S(=O)(=O)O)cc13)C(=O)N(Cc1ccccc1)C2=O. The van der Waals surface area contributed by atoms with Crippen LogP contribution in [0.3, 0.4) is 0 Å². The van der Waals surface area contributed by atoms with Crippen LogP contribution in [0.1, 0.15) is 26.3 Å². The fraction of sp³-hybridized carbons (Fsp3) is 0.0526.